The van der Waals surface area contributed by atoms with Gasteiger partial charge in [0.25, 0.3) is 0 Å². The molecular formula is C15H15N5O3. The third-order valence-corrected chi connectivity index (χ3v) is 4.19. The van der Waals surface area contributed by atoms with Gasteiger partial charge in [-0.1, -0.05) is 0 Å². The lowest BCUT2D eigenvalue weighted by Gasteiger charge is -2.34. The number of fused-ring (bicyclic) bond motifs is 1. The topological polar surface area (TPSA) is 111 Å². The molecule has 0 saturated carbocycles. The highest BCUT2D eigenvalue weighted by molar-refractivity contribution is 5.86. The number of aromatic nitrogens is 4. The van der Waals surface area contributed by atoms with Crippen LogP contribution in [-0.2, 0) is 13.0 Å². The van der Waals surface area contributed by atoms with Crippen LogP contribution in [0.3, 0.4) is 0 Å². The first-order valence-electron chi connectivity index (χ1n) is 7.28. The number of aromatic carboxylic acids is 1. The Morgan fingerprint density at radius 2 is 2.43 bits per heavy atom. The van der Waals surface area contributed by atoms with Crippen molar-refractivity contribution in [3.05, 3.63) is 59.3 Å². The Kier molecular flexibility index (Phi) is 3.23. The van der Waals surface area contributed by atoms with Crippen LogP contribution < -0.4 is 0 Å². The summed E-state index contributed by atoms with van der Waals surface area (Å²) in [5, 5.41) is 15.6. The highest BCUT2D eigenvalue weighted by Gasteiger charge is 2.32. The summed E-state index contributed by atoms with van der Waals surface area (Å²) in [6, 6.07) is 1.84. The van der Waals surface area contributed by atoms with E-state index in [4.69, 9.17) is 4.42 Å². The van der Waals surface area contributed by atoms with E-state index in [0.29, 0.717) is 12.1 Å². The number of nitrogens with one attached hydrogen (secondary N) is 2. The number of imidazole rings is 1. The summed E-state index contributed by atoms with van der Waals surface area (Å²) in [6.45, 7) is 1.26. The summed E-state index contributed by atoms with van der Waals surface area (Å²) >= 11 is 0. The van der Waals surface area contributed by atoms with Gasteiger partial charge in [-0.3, -0.25) is 10.00 Å². The van der Waals surface area contributed by atoms with Crippen molar-refractivity contribution >= 4 is 5.97 Å². The standard InChI is InChI=1S/C15H15N5O3/c21-15(22)12-10(5-18-19-12)6-20-3-1-11-13(17-8-16-11)14(20)9-2-4-23-7-9/h2,4-5,7-8,14H,1,3,6H2,(H,16,17)(H,18,19)(H,21,22). The maximum absolute atomic E-state index is 11.3. The second kappa shape index (κ2) is 5.40. The zero-order valence-electron chi connectivity index (χ0n) is 12.2. The van der Waals surface area contributed by atoms with E-state index < -0.39 is 5.97 Å². The number of carboxylic acid groups (broad SMARTS) is 1. The van der Waals surface area contributed by atoms with Crippen molar-refractivity contribution in [2.24, 2.45) is 0 Å². The number of carbonyl (C=O) groups is 1. The zero-order valence-corrected chi connectivity index (χ0v) is 12.2. The van der Waals surface area contributed by atoms with Crippen LogP contribution >= 0.6 is 0 Å². The smallest absolute Gasteiger partial charge is 0.354 e. The van der Waals surface area contributed by atoms with Crippen LogP contribution in [0.4, 0.5) is 0 Å². The Morgan fingerprint density at radius 3 is 3.22 bits per heavy atom. The Balaban J connectivity index is 1.70. The number of H-pyrrole nitrogens is 2. The van der Waals surface area contributed by atoms with Crippen LogP contribution in [0.15, 0.2) is 35.5 Å². The van der Waals surface area contributed by atoms with Gasteiger partial charge in [0.15, 0.2) is 0 Å². The minimum Gasteiger partial charge on any atom is -0.477 e. The van der Waals surface area contributed by atoms with E-state index in [1.54, 1.807) is 25.1 Å². The van der Waals surface area contributed by atoms with Gasteiger partial charge in [0.05, 0.1) is 36.8 Å². The van der Waals surface area contributed by atoms with Crippen molar-refractivity contribution in [3.8, 4) is 0 Å². The first-order valence-corrected chi connectivity index (χ1v) is 7.28. The number of hydrogen-bond donors (Lipinski definition) is 3. The monoisotopic (exact) mass is 313 g/mol. The number of nitrogens with zero attached hydrogens (tertiary/aromatic N) is 3. The molecule has 0 radical (unpaired) electrons. The molecule has 23 heavy (non-hydrogen) atoms. The predicted octanol–water partition coefficient (Wildman–Crippen LogP) is 1.57. The molecule has 0 saturated heterocycles. The predicted molar refractivity (Wildman–Crippen MR) is 78.8 cm³/mol. The lowest BCUT2D eigenvalue weighted by atomic mass is 9.97. The second-order valence-corrected chi connectivity index (χ2v) is 5.52. The molecule has 0 aliphatic carbocycles. The van der Waals surface area contributed by atoms with Crippen LogP contribution in [0.2, 0.25) is 0 Å². The number of aromatic amines is 2. The van der Waals surface area contributed by atoms with E-state index in [9.17, 15) is 9.90 Å². The van der Waals surface area contributed by atoms with E-state index in [1.807, 2.05) is 6.07 Å². The molecule has 118 valence electrons. The van der Waals surface area contributed by atoms with Crippen molar-refractivity contribution in [1.82, 2.24) is 25.1 Å². The van der Waals surface area contributed by atoms with Gasteiger partial charge in [0.1, 0.15) is 5.69 Å². The van der Waals surface area contributed by atoms with Crippen molar-refractivity contribution in [2.75, 3.05) is 6.54 Å². The third-order valence-electron chi connectivity index (χ3n) is 4.19. The van der Waals surface area contributed by atoms with Gasteiger partial charge in [-0.25, -0.2) is 9.78 Å². The largest absolute Gasteiger partial charge is 0.477 e. The minimum atomic E-state index is -1.00. The molecule has 1 unspecified atom stereocenters. The molecule has 0 bridgehead atoms. The van der Waals surface area contributed by atoms with E-state index in [0.717, 1.165) is 29.9 Å². The molecule has 0 amide bonds. The van der Waals surface area contributed by atoms with E-state index in [1.165, 1.54) is 0 Å². The molecule has 1 aliphatic rings. The zero-order chi connectivity index (χ0) is 15.8. The van der Waals surface area contributed by atoms with Gasteiger partial charge in [-0.15, -0.1) is 0 Å². The lowest BCUT2D eigenvalue weighted by molar-refractivity contribution is 0.0687. The lowest BCUT2D eigenvalue weighted by Crippen LogP contribution is -2.36. The number of hydrogen-bond acceptors (Lipinski definition) is 5. The van der Waals surface area contributed by atoms with Gasteiger partial charge in [-0.05, 0) is 6.07 Å². The molecule has 1 aliphatic heterocycles. The van der Waals surface area contributed by atoms with E-state index >= 15 is 0 Å². The fraction of sp³-hybridized carbons (Fsp3) is 0.267. The fourth-order valence-corrected chi connectivity index (χ4v) is 3.13. The quantitative estimate of drug-likeness (QED) is 0.674. The first kappa shape index (κ1) is 13.8. The maximum Gasteiger partial charge on any atom is 0.354 e. The number of rotatable bonds is 4. The summed E-state index contributed by atoms with van der Waals surface area (Å²) in [6.07, 6.45) is 7.44. The summed E-state index contributed by atoms with van der Waals surface area (Å²) < 4.78 is 5.23. The van der Waals surface area contributed by atoms with Crippen molar-refractivity contribution in [3.63, 3.8) is 0 Å². The van der Waals surface area contributed by atoms with Crippen LogP contribution in [-0.4, -0.2) is 42.7 Å². The molecule has 0 fully saturated rings. The molecule has 1 atom stereocenters. The summed E-state index contributed by atoms with van der Waals surface area (Å²) in [7, 11) is 0. The molecular weight excluding hydrogens is 298 g/mol. The van der Waals surface area contributed by atoms with Crippen LogP contribution in [0.5, 0.6) is 0 Å². The summed E-state index contributed by atoms with van der Waals surface area (Å²) in [5.41, 5.74) is 3.85. The molecule has 3 aromatic heterocycles. The highest BCUT2D eigenvalue weighted by atomic mass is 16.4. The van der Waals surface area contributed by atoms with Crippen LogP contribution in [0, 0.1) is 0 Å². The summed E-state index contributed by atoms with van der Waals surface area (Å²) in [5.74, 6) is -1.00. The van der Waals surface area contributed by atoms with Crippen molar-refractivity contribution in [1.29, 1.82) is 0 Å². The molecule has 8 nitrogen and oxygen atoms in total. The molecule has 0 aromatic carbocycles. The molecule has 0 spiro atoms. The maximum atomic E-state index is 11.3. The van der Waals surface area contributed by atoms with Gasteiger partial charge in [0, 0.05) is 36.3 Å². The number of carboxylic acids is 1. The van der Waals surface area contributed by atoms with Gasteiger partial charge >= 0.3 is 5.97 Å². The van der Waals surface area contributed by atoms with Crippen molar-refractivity contribution in [2.45, 2.75) is 19.0 Å². The van der Waals surface area contributed by atoms with Crippen LogP contribution in [0.25, 0.3) is 0 Å². The van der Waals surface area contributed by atoms with E-state index in [-0.39, 0.29) is 11.7 Å². The minimum absolute atomic E-state index is 0.0692. The number of furan rings is 1. The molecule has 4 heterocycles. The molecule has 8 heteroatoms. The normalized spacial score (nSPS) is 18.0. The Hall–Kier alpha value is -2.87. The summed E-state index contributed by atoms with van der Waals surface area (Å²) in [4.78, 5) is 21.1. The highest BCUT2D eigenvalue weighted by Crippen LogP contribution is 2.34. The van der Waals surface area contributed by atoms with Gasteiger partial charge in [0.2, 0.25) is 0 Å². The SMILES string of the molecule is O=C(O)c1[nH]ncc1CN1CCc2[nH]cnc2C1c1ccoc1. The van der Waals surface area contributed by atoms with Gasteiger partial charge in [-0.2, -0.15) is 5.10 Å². The van der Waals surface area contributed by atoms with Crippen LogP contribution in [0.1, 0.15) is 39.0 Å². The Morgan fingerprint density at radius 1 is 1.52 bits per heavy atom. The molecule has 3 aromatic rings. The first-order chi connectivity index (χ1) is 11.2. The fourth-order valence-electron chi connectivity index (χ4n) is 3.13. The average Bonchev–Trinajstić information content (AvgIpc) is 3.28. The second-order valence-electron chi connectivity index (χ2n) is 5.52. The molecule has 3 N–H and O–H groups in total. The Labute approximate surface area is 131 Å². The molecule has 4 rings (SSSR count). The Bertz CT molecular complexity index is 820. The van der Waals surface area contributed by atoms with E-state index in [2.05, 4.69) is 25.1 Å². The average molecular weight is 313 g/mol. The van der Waals surface area contributed by atoms with Crippen molar-refractivity contribution < 1.29 is 14.3 Å². The third kappa shape index (κ3) is 2.33. The van der Waals surface area contributed by atoms with Gasteiger partial charge < -0.3 is 14.5 Å².